The van der Waals surface area contributed by atoms with Crippen LogP contribution in [0.3, 0.4) is 0 Å². The van der Waals surface area contributed by atoms with E-state index < -0.39 is 0 Å². The van der Waals surface area contributed by atoms with Gasteiger partial charge in [-0.05, 0) is 60.0 Å². The van der Waals surface area contributed by atoms with Crippen molar-refractivity contribution in [2.75, 3.05) is 6.16 Å². The first-order valence-corrected chi connectivity index (χ1v) is 14.7. The summed E-state index contributed by atoms with van der Waals surface area (Å²) in [6.45, 7) is 2.47. The van der Waals surface area contributed by atoms with Crippen LogP contribution in [0.4, 0.5) is 0 Å². The molecule has 2 unspecified atom stereocenters. The summed E-state index contributed by atoms with van der Waals surface area (Å²) in [5, 5.41) is 13.6. The molecule has 0 saturated heterocycles. The van der Waals surface area contributed by atoms with Gasteiger partial charge in [0.05, 0.1) is 23.9 Å². The summed E-state index contributed by atoms with van der Waals surface area (Å²) in [7, 11) is 0.735. The Labute approximate surface area is 229 Å². The molecule has 1 aromatic heterocycles. The highest BCUT2D eigenvalue weighted by Gasteiger charge is 2.20. The Balaban J connectivity index is 1.43. The van der Waals surface area contributed by atoms with Gasteiger partial charge in [0.25, 0.3) is 0 Å². The largest absolute Gasteiger partial charge is 0.362 e. The van der Waals surface area contributed by atoms with E-state index in [0.717, 1.165) is 70.3 Å². The molecule has 5 rings (SSSR count). The first-order valence-electron chi connectivity index (χ1n) is 12.1. The normalized spacial score (nSPS) is 16.5. The molecule has 2 atom stereocenters. The van der Waals surface area contributed by atoms with Crippen LogP contribution >= 0.6 is 31.5 Å². The van der Waals surface area contributed by atoms with Crippen LogP contribution in [-0.2, 0) is 11.3 Å². The Morgan fingerprint density at radius 3 is 2.84 bits per heavy atom. The minimum atomic E-state index is -0.246. The van der Waals surface area contributed by atoms with Gasteiger partial charge in [-0.3, -0.25) is 0 Å². The molecule has 1 aliphatic heterocycles. The number of ether oxygens (including phenoxy) is 1. The molecular formula is C31H26ClN2OPS. The molecule has 0 bridgehead atoms. The van der Waals surface area contributed by atoms with Crippen LogP contribution in [0, 0.1) is 18.3 Å². The predicted molar refractivity (Wildman–Crippen MR) is 157 cm³/mol. The fourth-order valence-corrected chi connectivity index (χ4v) is 6.23. The van der Waals surface area contributed by atoms with Crippen molar-refractivity contribution in [3.63, 3.8) is 0 Å². The van der Waals surface area contributed by atoms with E-state index in [1.165, 1.54) is 0 Å². The van der Waals surface area contributed by atoms with E-state index in [4.69, 9.17) is 21.3 Å². The van der Waals surface area contributed by atoms with Crippen molar-refractivity contribution in [2.24, 2.45) is 0 Å². The summed E-state index contributed by atoms with van der Waals surface area (Å²) in [6.07, 6.45) is 14.0. The molecule has 37 heavy (non-hydrogen) atoms. The highest BCUT2D eigenvalue weighted by Crippen LogP contribution is 2.37. The van der Waals surface area contributed by atoms with E-state index in [0.29, 0.717) is 12.2 Å². The lowest BCUT2D eigenvalue weighted by Gasteiger charge is -2.22. The van der Waals surface area contributed by atoms with Gasteiger partial charge in [-0.15, -0.1) is 11.3 Å². The molecule has 2 heterocycles. The molecule has 2 aromatic carbocycles. The van der Waals surface area contributed by atoms with Crippen LogP contribution in [0.2, 0.25) is 0 Å². The topological polar surface area (TPSA) is 45.9 Å². The first kappa shape index (κ1) is 25.6. The number of aromatic nitrogens is 1. The van der Waals surface area contributed by atoms with Crippen molar-refractivity contribution in [3.8, 4) is 17.2 Å². The summed E-state index contributed by atoms with van der Waals surface area (Å²) < 4.78 is 6.57. The molecule has 0 amide bonds. The van der Waals surface area contributed by atoms with E-state index in [9.17, 15) is 5.26 Å². The molecular weight excluding hydrogens is 515 g/mol. The Kier molecular flexibility index (Phi) is 8.29. The minimum Gasteiger partial charge on any atom is -0.362 e. The first-order chi connectivity index (χ1) is 18.1. The van der Waals surface area contributed by atoms with E-state index in [2.05, 4.69) is 60.6 Å². The van der Waals surface area contributed by atoms with Crippen LogP contribution in [0.15, 0.2) is 101 Å². The zero-order valence-electron chi connectivity index (χ0n) is 20.4. The van der Waals surface area contributed by atoms with Gasteiger partial charge in [0.15, 0.2) is 0 Å². The standard InChI is InChI=1S/C31H26ClN2OPS/c1-21-6-2-3-10-28(21)29-16-23(11-12-24(29)17-33)30(25-8-5-15-36-19-25)35-18-27-20-37-31(34-27)22-7-4-9-26(32)14-13-22/h2-3,5-14,16,19-20,30,36H,4,15,18H2,1H3. The third-order valence-electron chi connectivity index (χ3n) is 6.29. The maximum Gasteiger partial charge on any atom is 0.123 e. The highest BCUT2D eigenvalue weighted by molar-refractivity contribution is 7.42. The Bertz CT molecular complexity index is 1510. The zero-order valence-corrected chi connectivity index (χ0v) is 23.0. The van der Waals surface area contributed by atoms with Gasteiger partial charge in [-0.2, -0.15) is 5.26 Å². The second-order valence-electron chi connectivity index (χ2n) is 8.84. The fourth-order valence-electron chi connectivity index (χ4n) is 4.39. The lowest BCUT2D eigenvalue weighted by Crippen LogP contribution is -2.09. The van der Waals surface area contributed by atoms with E-state index >= 15 is 0 Å². The van der Waals surface area contributed by atoms with Gasteiger partial charge in [0, 0.05) is 21.5 Å². The number of allylic oxidation sites excluding steroid dienone is 7. The number of hydrogen-bond donors (Lipinski definition) is 0. The number of nitriles is 1. The minimum absolute atomic E-state index is 0.246. The molecule has 0 N–H and O–H groups in total. The van der Waals surface area contributed by atoms with Crippen LogP contribution in [0.25, 0.3) is 16.7 Å². The van der Waals surface area contributed by atoms with Gasteiger partial charge < -0.3 is 4.74 Å². The van der Waals surface area contributed by atoms with E-state index in [-0.39, 0.29) is 6.10 Å². The molecule has 3 aromatic rings. The fraction of sp³-hybridized carbons (Fsp3) is 0.161. The van der Waals surface area contributed by atoms with Crippen LogP contribution in [-0.4, -0.2) is 11.1 Å². The number of thiazole rings is 1. The van der Waals surface area contributed by atoms with Gasteiger partial charge in [-0.25, -0.2) is 4.98 Å². The van der Waals surface area contributed by atoms with E-state index in [1.54, 1.807) is 11.3 Å². The second-order valence-corrected chi connectivity index (χ2v) is 11.2. The predicted octanol–water partition coefficient (Wildman–Crippen LogP) is 8.85. The Morgan fingerprint density at radius 1 is 1.14 bits per heavy atom. The smallest absolute Gasteiger partial charge is 0.123 e. The van der Waals surface area contributed by atoms with Crippen LogP contribution < -0.4 is 0 Å². The summed E-state index contributed by atoms with van der Waals surface area (Å²) in [5.41, 5.74) is 7.96. The van der Waals surface area contributed by atoms with E-state index in [1.807, 2.05) is 42.5 Å². The Morgan fingerprint density at radius 2 is 2.03 bits per heavy atom. The average molecular weight is 541 g/mol. The monoisotopic (exact) mass is 540 g/mol. The van der Waals surface area contributed by atoms with Gasteiger partial charge >= 0.3 is 0 Å². The van der Waals surface area contributed by atoms with Crippen LogP contribution in [0.5, 0.6) is 0 Å². The number of nitrogens with zero attached hydrogens (tertiary/aromatic N) is 2. The van der Waals surface area contributed by atoms with Gasteiger partial charge in [-0.1, -0.05) is 86.7 Å². The maximum atomic E-state index is 9.81. The Hall–Kier alpha value is -3.06. The second kappa shape index (κ2) is 12.0. The lowest BCUT2D eigenvalue weighted by molar-refractivity contribution is 0.0645. The highest BCUT2D eigenvalue weighted by atomic mass is 35.5. The number of halogens is 1. The molecule has 0 saturated carbocycles. The van der Waals surface area contributed by atoms with Gasteiger partial charge in [0.2, 0.25) is 0 Å². The number of rotatable bonds is 7. The summed E-state index contributed by atoms with van der Waals surface area (Å²) in [4.78, 5) is 4.84. The molecule has 184 valence electrons. The van der Waals surface area contributed by atoms with Crippen molar-refractivity contribution < 1.29 is 4.74 Å². The summed E-state index contributed by atoms with van der Waals surface area (Å²) >= 11 is 7.77. The third-order valence-corrected chi connectivity index (χ3v) is 8.52. The van der Waals surface area contributed by atoms with Crippen molar-refractivity contribution >= 4 is 37.1 Å². The van der Waals surface area contributed by atoms with Crippen molar-refractivity contribution in [1.29, 1.82) is 5.26 Å². The number of hydrogen-bond acceptors (Lipinski definition) is 4. The number of benzene rings is 2. The summed E-state index contributed by atoms with van der Waals surface area (Å²) in [5.74, 6) is 2.28. The van der Waals surface area contributed by atoms with Gasteiger partial charge in [0.1, 0.15) is 11.1 Å². The molecule has 0 radical (unpaired) electrons. The van der Waals surface area contributed by atoms with Crippen molar-refractivity contribution in [3.05, 3.63) is 128 Å². The van der Waals surface area contributed by atoms with Crippen molar-refractivity contribution in [1.82, 2.24) is 4.98 Å². The zero-order chi connectivity index (χ0) is 25.6. The van der Waals surface area contributed by atoms with Crippen LogP contribution in [0.1, 0.15) is 39.9 Å². The molecule has 3 nitrogen and oxygen atoms in total. The maximum absolute atomic E-state index is 9.81. The average Bonchev–Trinajstić information content (AvgIpc) is 3.29. The molecule has 1 aliphatic carbocycles. The lowest BCUT2D eigenvalue weighted by atomic mass is 9.92. The van der Waals surface area contributed by atoms with Crippen molar-refractivity contribution in [2.45, 2.75) is 26.1 Å². The quantitative estimate of drug-likeness (QED) is 0.281. The molecule has 0 spiro atoms. The number of aryl methyl sites for hydroxylation is 1. The molecule has 0 fully saturated rings. The third kappa shape index (κ3) is 6.09. The molecule has 2 aliphatic rings. The SMILES string of the molecule is Cc1ccccc1-c1cc(C(OCc2csc(C3=CCC=C(Cl)C=C3)n2)C2=CPCC=C2)ccc1C#N. The molecule has 6 heteroatoms. The summed E-state index contributed by atoms with van der Waals surface area (Å²) in [6, 6.07) is 16.6.